The smallest absolute Gasteiger partial charge is 0.253 e. The number of H-pyrrole nitrogens is 1. The van der Waals surface area contributed by atoms with E-state index in [0.29, 0.717) is 45.0 Å². The molecule has 0 spiro atoms. The molecule has 7 heteroatoms. The lowest BCUT2D eigenvalue weighted by molar-refractivity contribution is 0.0966. The third-order valence-corrected chi connectivity index (χ3v) is 5.46. The second-order valence-corrected chi connectivity index (χ2v) is 7.40. The SMILES string of the molecule is N#Cc1cccc(-c2nc3[nH]ccc(=O)c3cc2-c2cc(Cl)c3c(c2)CNC3=O)c1. The molecule has 0 saturated heterocycles. The Kier molecular flexibility index (Phi) is 4.12. The minimum atomic E-state index is -0.198. The van der Waals surface area contributed by atoms with Crippen LogP contribution in [-0.2, 0) is 6.54 Å². The molecule has 0 bridgehead atoms. The van der Waals surface area contributed by atoms with E-state index in [0.717, 1.165) is 16.7 Å². The molecule has 0 fully saturated rings. The fourth-order valence-electron chi connectivity index (χ4n) is 3.75. The van der Waals surface area contributed by atoms with Gasteiger partial charge in [0.05, 0.1) is 33.3 Å². The Bertz CT molecular complexity index is 1470. The minimum absolute atomic E-state index is 0.154. The van der Waals surface area contributed by atoms with Crippen molar-refractivity contribution in [2.45, 2.75) is 6.54 Å². The number of aromatic amines is 1. The Labute approximate surface area is 175 Å². The van der Waals surface area contributed by atoms with Gasteiger partial charge in [0.1, 0.15) is 5.65 Å². The molecule has 5 rings (SSSR count). The number of hydrogen-bond donors (Lipinski definition) is 2. The van der Waals surface area contributed by atoms with E-state index in [-0.39, 0.29) is 11.3 Å². The summed E-state index contributed by atoms with van der Waals surface area (Å²) in [7, 11) is 0. The van der Waals surface area contributed by atoms with Crippen molar-refractivity contribution in [3.05, 3.63) is 86.7 Å². The van der Waals surface area contributed by atoms with E-state index in [1.807, 2.05) is 12.1 Å². The molecule has 2 aromatic carbocycles. The quantitative estimate of drug-likeness (QED) is 0.519. The van der Waals surface area contributed by atoms with Gasteiger partial charge in [0.15, 0.2) is 5.43 Å². The number of nitrogens with one attached hydrogen (secondary N) is 2. The Morgan fingerprint density at radius 3 is 2.77 bits per heavy atom. The van der Waals surface area contributed by atoms with E-state index in [4.69, 9.17) is 16.6 Å². The van der Waals surface area contributed by atoms with Crippen molar-refractivity contribution < 1.29 is 4.79 Å². The number of pyridine rings is 2. The number of fused-ring (bicyclic) bond motifs is 2. The Hall–Kier alpha value is -3.95. The molecule has 6 nitrogen and oxygen atoms in total. The predicted molar refractivity (Wildman–Crippen MR) is 114 cm³/mol. The van der Waals surface area contributed by atoms with Crippen LogP contribution in [0.15, 0.2) is 59.5 Å². The number of amides is 1. The van der Waals surface area contributed by atoms with Crippen LogP contribution in [0, 0.1) is 11.3 Å². The van der Waals surface area contributed by atoms with Crippen LogP contribution in [0.5, 0.6) is 0 Å². The van der Waals surface area contributed by atoms with E-state index in [1.54, 1.807) is 36.5 Å². The van der Waals surface area contributed by atoms with Gasteiger partial charge in [-0.25, -0.2) is 4.98 Å². The average molecular weight is 413 g/mol. The lowest BCUT2D eigenvalue weighted by atomic mass is 9.95. The molecule has 30 heavy (non-hydrogen) atoms. The highest BCUT2D eigenvalue weighted by Gasteiger charge is 2.24. The van der Waals surface area contributed by atoms with Crippen LogP contribution in [0.25, 0.3) is 33.4 Å². The summed E-state index contributed by atoms with van der Waals surface area (Å²) in [6.07, 6.45) is 1.55. The van der Waals surface area contributed by atoms with Gasteiger partial charge in [-0.2, -0.15) is 5.26 Å². The first kappa shape index (κ1) is 18.1. The van der Waals surface area contributed by atoms with E-state index in [1.165, 1.54) is 6.07 Å². The topological polar surface area (TPSA) is 98.6 Å². The van der Waals surface area contributed by atoms with Gasteiger partial charge in [-0.05, 0) is 41.5 Å². The van der Waals surface area contributed by atoms with Crippen LogP contribution < -0.4 is 10.7 Å². The zero-order chi connectivity index (χ0) is 20.8. The van der Waals surface area contributed by atoms with Crippen molar-refractivity contribution in [2.24, 2.45) is 0 Å². The summed E-state index contributed by atoms with van der Waals surface area (Å²) in [5.41, 5.74) is 4.84. The first-order valence-corrected chi connectivity index (χ1v) is 9.57. The molecule has 0 saturated carbocycles. The molecule has 0 unspecified atom stereocenters. The molecule has 144 valence electrons. The number of benzene rings is 2. The molecule has 4 aromatic rings. The van der Waals surface area contributed by atoms with Crippen LogP contribution in [0.3, 0.4) is 0 Å². The maximum Gasteiger partial charge on any atom is 0.253 e. The van der Waals surface area contributed by atoms with Gasteiger partial charge in [-0.1, -0.05) is 23.7 Å². The highest BCUT2D eigenvalue weighted by atomic mass is 35.5. The average Bonchev–Trinajstić information content (AvgIpc) is 3.14. The van der Waals surface area contributed by atoms with Gasteiger partial charge in [0.2, 0.25) is 0 Å². The van der Waals surface area contributed by atoms with Gasteiger partial charge >= 0.3 is 0 Å². The first-order chi connectivity index (χ1) is 14.5. The summed E-state index contributed by atoms with van der Waals surface area (Å²) in [5.74, 6) is -0.198. The van der Waals surface area contributed by atoms with Crippen LogP contribution in [0.2, 0.25) is 5.02 Å². The molecular weight excluding hydrogens is 400 g/mol. The van der Waals surface area contributed by atoms with E-state index >= 15 is 0 Å². The normalized spacial score (nSPS) is 12.5. The highest BCUT2D eigenvalue weighted by molar-refractivity contribution is 6.34. The van der Waals surface area contributed by atoms with Gasteiger partial charge in [0.25, 0.3) is 5.91 Å². The largest absolute Gasteiger partial charge is 0.348 e. The van der Waals surface area contributed by atoms with E-state index < -0.39 is 0 Å². The first-order valence-electron chi connectivity index (χ1n) is 9.19. The molecular formula is C23H13ClN4O2. The molecule has 1 aliphatic rings. The summed E-state index contributed by atoms with van der Waals surface area (Å²) >= 11 is 6.42. The van der Waals surface area contributed by atoms with Crippen molar-refractivity contribution in [3.63, 3.8) is 0 Å². The van der Waals surface area contributed by atoms with Gasteiger partial charge in [0, 0.05) is 29.9 Å². The fourth-order valence-corrected chi connectivity index (χ4v) is 4.07. The highest BCUT2D eigenvalue weighted by Crippen LogP contribution is 2.37. The molecule has 1 amide bonds. The van der Waals surface area contributed by atoms with Crippen LogP contribution >= 0.6 is 11.6 Å². The van der Waals surface area contributed by atoms with Crippen molar-refractivity contribution >= 4 is 28.5 Å². The van der Waals surface area contributed by atoms with Crippen LogP contribution in [0.4, 0.5) is 0 Å². The number of nitriles is 1. The standard InChI is InChI=1S/C23H13ClN4O2/c24-18-8-14(7-15-11-27-23(30)20(15)18)16-9-17-19(29)4-5-26-22(17)28-21(16)13-3-1-2-12(6-13)10-25/h1-9H,11H2,(H,27,30)(H,26,28,29). The molecule has 3 heterocycles. The summed E-state index contributed by atoms with van der Waals surface area (Å²) in [4.78, 5) is 32.2. The number of carbonyl (C=O) groups excluding carboxylic acids is 1. The number of halogens is 1. The van der Waals surface area contributed by atoms with E-state index in [9.17, 15) is 14.9 Å². The summed E-state index contributed by atoms with van der Waals surface area (Å²) in [6.45, 7) is 0.391. The third kappa shape index (κ3) is 2.84. The maximum atomic E-state index is 12.4. The molecule has 0 atom stereocenters. The Morgan fingerprint density at radius 2 is 1.93 bits per heavy atom. The zero-order valence-corrected chi connectivity index (χ0v) is 16.2. The monoisotopic (exact) mass is 412 g/mol. The lowest BCUT2D eigenvalue weighted by Crippen LogP contribution is -2.12. The number of aromatic nitrogens is 2. The van der Waals surface area contributed by atoms with Gasteiger partial charge in [-0.3, -0.25) is 9.59 Å². The maximum absolute atomic E-state index is 12.4. The second-order valence-electron chi connectivity index (χ2n) is 6.99. The number of hydrogen-bond acceptors (Lipinski definition) is 4. The molecule has 0 radical (unpaired) electrons. The van der Waals surface area contributed by atoms with Crippen molar-refractivity contribution in [2.75, 3.05) is 0 Å². The minimum Gasteiger partial charge on any atom is -0.348 e. The summed E-state index contributed by atoms with van der Waals surface area (Å²) in [5, 5.41) is 12.9. The van der Waals surface area contributed by atoms with Gasteiger partial charge < -0.3 is 10.3 Å². The number of rotatable bonds is 2. The van der Waals surface area contributed by atoms with Crippen LogP contribution in [0.1, 0.15) is 21.5 Å². The van der Waals surface area contributed by atoms with Crippen molar-refractivity contribution in [3.8, 4) is 28.5 Å². The summed E-state index contributed by atoms with van der Waals surface area (Å²) < 4.78 is 0. The van der Waals surface area contributed by atoms with Crippen LogP contribution in [-0.4, -0.2) is 15.9 Å². The molecule has 1 aliphatic heterocycles. The Balaban J connectivity index is 1.84. The van der Waals surface area contributed by atoms with Gasteiger partial charge in [-0.15, -0.1) is 0 Å². The van der Waals surface area contributed by atoms with E-state index in [2.05, 4.69) is 16.4 Å². The second kappa shape index (κ2) is 6.83. The fraction of sp³-hybridized carbons (Fsp3) is 0.0435. The molecule has 0 aliphatic carbocycles. The summed E-state index contributed by atoms with van der Waals surface area (Å²) in [6, 6.07) is 16.1. The lowest BCUT2D eigenvalue weighted by Gasteiger charge is -2.13. The molecule has 2 aromatic heterocycles. The number of nitrogens with zero attached hydrogens (tertiary/aromatic N) is 2. The third-order valence-electron chi connectivity index (χ3n) is 5.16. The molecule has 2 N–H and O–H groups in total. The van der Waals surface area contributed by atoms with Crippen molar-refractivity contribution in [1.82, 2.24) is 15.3 Å². The predicted octanol–water partition coefficient (Wildman–Crippen LogP) is 4.03. The number of carbonyl (C=O) groups is 1. The Morgan fingerprint density at radius 1 is 1.07 bits per heavy atom. The van der Waals surface area contributed by atoms with Crippen molar-refractivity contribution in [1.29, 1.82) is 5.26 Å². The zero-order valence-electron chi connectivity index (χ0n) is 15.5.